The van der Waals surface area contributed by atoms with Gasteiger partial charge in [-0.25, -0.2) is 4.79 Å². The van der Waals surface area contributed by atoms with E-state index in [0.717, 1.165) is 11.1 Å². The number of halogens is 1. The number of hydrogen-bond acceptors (Lipinski definition) is 8. The highest BCUT2D eigenvalue weighted by Crippen LogP contribution is 2.26. The average molecular weight is 480 g/mol. The molecule has 0 saturated carbocycles. The van der Waals surface area contributed by atoms with Gasteiger partial charge in [0.2, 0.25) is 5.82 Å². The van der Waals surface area contributed by atoms with Crippen molar-refractivity contribution in [3.05, 3.63) is 71.5 Å². The molecule has 1 amide bonds. The lowest BCUT2D eigenvalue weighted by Crippen LogP contribution is -2.40. The van der Waals surface area contributed by atoms with Crippen molar-refractivity contribution in [3.63, 3.8) is 0 Å². The third kappa shape index (κ3) is 4.74. The number of carbonyl (C=O) groups is 1. The van der Waals surface area contributed by atoms with Crippen molar-refractivity contribution >= 4 is 17.7 Å². The Morgan fingerprint density at radius 1 is 1.06 bits per heavy atom. The first-order valence-corrected chi connectivity index (χ1v) is 11.3. The Kier molecular flexibility index (Phi) is 6.43. The van der Waals surface area contributed by atoms with E-state index in [4.69, 9.17) is 16.3 Å². The normalized spacial score (nSPS) is 15.3. The first-order chi connectivity index (χ1) is 16.7. The molecule has 2 aromatic heterocycles. The van der Waals surface area contributed by atoms with Crippen LogP contribution in [0.15, 0.2) is 60.9 Å². The van der Waals surface area contributed by atoms with Crippen LogP contribution in [0.4, 0.5) is 4.79 Å². The number of benzene rings is 2. The van der Waals surface area contributed by atoms with Gasteiger partial charge in [-0.2, -0.15) is 9.59 Å². The molecular weight excluding hydrogens is 458 g/mol. The van der Waals surface area contributed by atoms with Crippen LogP contribution in [0.2, 0.25) is 5.02 Å². The van der Waals surface area contributed by atoms with Gasteiger partial charge in [-0.3, -0.25) is 0 Å². The number of likely N-dealkylation sites (tertiary alicyclic amines) is 1. The third-order valence-corrected chi connectivity index (χ3v) is 6.13. The van der Waals surface area contributed by atoms with Crippen LogP contribution in [0, 0.1) is 0 Å². The Hall–Kier alpha value is -3.86. The van der Waals surface area contributed by atoms with E-state index in [0.29, 0.717) is 36.8 Å². The van der Waals surface area contributed by atoms with Gasteiger partial charge in [0, 0.05) is 29.2 Å². The zero-order chi connectivity index (χ0) is 23.3. The van der Waals surface area contributed by atoms with Gasteiger partial charge in [-0.05, 0) is 29.3 Å². The summed E-state index contributed by atoms with van der Waals surface area (Å²) in [7, 11) is 0. The number of aromatic nitrogens is 8. The van der Waals surface area contributed by atoms with Crippen LogP contribution in [0.1, 0.15) is 30.5 Å². The number of tetrazole rings is 2. The van der Waals surface area contributed by atoms with Crippen LogP contribution < -0.4 is 0 Å². The highest BCUT2D eigenvalue weighted by atomic mass is 35.5. The zero-order valence-corrected chi connectivity index (χ0v) is 18.9. The summed E-state index contributed by atoms with van der Waals surface area (Å²) in [5, 5.41) is 25.3. The van der Waals surface area contributed by atoms with E-state index in [9.17, 15) is 4.79 Å². The molecule has 1 atom stereocenters. The van der Waals surface area contributed by atoms with Crippen LogP contribution in [-0.2, 0) is 4.74 Å². The molecule has 0 radical (unpaired) electrons. The van der Waals surface area contributed by atoms with Crippen molar-refractivity contribution < 1.29 is 9.53 Å². The first-order valence-electron chi connectivity index (χ1n) is 10.9. The van der Waals surface area contributed by atoms with Crippen molar-refractivity contribution in [2.24, 2.45) is 0 Å². The summed E-state index contributed by atoms with van der Waals surface area (Å²) in [6.45, 7) is 1.10. The standard InChI is InChI=1S/C22H22ClN9O2/c23-19-9-5-4-8-18(19)20(32-25-15-24-28-32)14-34-22(33)30-12-10-17(11-13-30)31-27-21(26-29-31)16-6-2-1-3-7-16/h1-9,15,17,20H,10-14H2. The second-order valence-corrected chi connectivity index (χ2v) is 8.30. The van der Waals surface area contributed by atoms with Crippen LogP contribution in [0.3, 0.4) is 0 Å². The number of rotatable bonds is 6. The molecule has 2 aromatic carbocycles. The number of hydrogen-bond donors (Lipinski definition) is 0. The molecule has 12 heteroatoms. The van der Waals surface area contributed by atoms with Gasteiger partial charge in [0.25, 0.3) is 0 Å². The zero-order valence-electron chi connectivity index (χ0n) is 18.2. The lowest BCUT2D eigenvalue weighted by molar-refractivity contribution is 0.0761. The minimum atomic E-state index is -0.478. The Morgan fingerprint density at radius 2 is 1.82 bits per heavy atom. The molecule has 0 N–H and O–H groups in total. The van der Waals surface area contributed by atoms with E-state index in [1.807, 2.05) is 48.5 Å². The Balaban J connectivity index is 1.18. The van der Waals surface area contributed by atoms with Crippen molar-refractivity contribution in [3.8, 4) is 11.4 Å². The fourth-order valence-electron chi connectivity index (χ4n) is 3.95. The first kappa shape index (κ1) is 22.0. The van der Waals surface area contributed by atoms with Crippen molar-refractivity contribution in [2.45, 2.75) is 24.9 Å². The van der Waals surface area contributed by atoms with Crippen LogP contribution >= 0.6 is 11.6 Å². The maximum atomic E-state index is 12.8. The summed E-state index contributed by atoms with van der Waals surface area (Å²) in [5.41, 5.74) is 1.67. The second-order valence-electron chi connectivity index (χ2n) is 7.89. The quantitative estimate of drug-likeness (QED) is 0.414. The predicted octanol–water partition coefficient (Wildman–Crippen LogP) is 3.04. The summed E-state index contributed by atoms with van der Waals surface area (Å²) in [4.78, 5) is 17.5. The van der Waals surface area contributed by atoms with Gasteiger partial charge in [-0.1, -0.05) is 60.1 Å². The predicted molar refractivity (Wildman–Crippen MR) is 122 cm³/mol. The number of nitrogens with zero attached hydrogens (tertiary/aromatic N) is 9. The number of amides is 1. The molecule has 0 bridgehead atoms. The molecule has 1 unspecified atom stereocenters. The maximum Gasteiger partial charge on any atom is 0.409 e. The van der Waals surface area contributed by atoms with Gasteiger partial charge in [-0.15, -0.1) is 20.4 Å². The summed E-state index contributed by atoms with van der Waals surface area (Å²) >= 11 is 6.36. The van der Waals surface area contributed by atoms with E-state index >= 15 is 0 Å². The van der Waals surface area contributed by atoms with E-state index in [-0.39, 0.29) is 12.6 Å². The molecular formula is C22H22ClN9O2. The summed E-state index contributed by atoms with van der Waals surface area (Å²) in [5.74, 6) is 0.592. The lowest BCUT2D eigenvalue weighted by Gasteiger charge is -2.30. The minimum Gasteiger partial charge on any atom is -0.447 e. The molecule has 1 aliphatic heterocycles. The fraction of sp³-hybridized carbons (Fsp3) is 0.318. The topological polar surface area (TPSA) is 117 Å². The Labute approximate surface area is 200 Å². The molecule has 1 saturated heterocycles. The van der Waals surface area contributed by atoms with Gasteiger partial charge in [0.15, 0.2) is 6.33 Å². The second kappa shape index (κ2) is 9.96. The highest BCUT2D eigenvalue weighted by Gasteiger charge is 2.28. The summed E-state index contributed by atoms with van der Waals surface area (Å²) < 4.78 is 5.63. The average Bonchev–Trinajstić information content (AvgIpc) is 3.59. The number of piperidine rings is 1. The number of ether oxygens (including phenoxy) is 1. The van der Waals surface area contributed by atoms with Crippen LogP contribution in [-0.4, -0.2) is 71.1 Å². The molecule has 11 nitrogen and oxygen atoms in total. The number of carbonyl (C=O) groups excluding carboxylic acids is 1. The molecule has 4 aromatic rings. The summed E-state index contributed by atoms with van der Waals surface area (Å²) in [6, 6.07) is 16.6. The monoisotopic (exact) mass is 479 g/mol. The SMILES string of the molecule is O=C(OCC(c1ccccc1Cl)n1ncnn1)N1CCC(n2nnc(-c3ccccc3)n2)CC1. The molecule has 0 spiro atoms. The van der Waals surface area contributed by atoms with Gasteiger partial charge in [0.05, 0.1) is 6.04 Å². The maximum absolute atomic E-state index is 12.8. The van der Waals surface area contributed by atoms with Gasteiger partial charge < -0.3 is 9.64 Å². The smallest absolute Gasteiger partial charge is 0.409 e. The van der Waals surface area contributed by atoms with Crippen LogP contribution in [0.25, 0.3) is 11.4 Å². The molecule has 34 heavy (non-hydrogen) atoms. The Morgan fingerprint density at radius 3 is 2.56 bits per heavy atom. The highest BCUT2D eigenvalue weighted by molar-refractivity contribution is 6.31. The third-order valence-electron chi connectivity index (χ3n) is 5.78. The molecule has 1 fully saturated rings. The van der Waals surface area contributed by atoms with Crippen LogP contribution in [0.5, 0.6) is 0 Å². The van der Waals surface area contributed by atoms with Crippen molar-refractivity contribution in [1.82, 2.24) is 45.3 Å². The largest absolute Gasteiger partial charge is 0.447 e. The van der Waals surface area contributed by atoms with E-state index < -0.39 is 12.1 Å². The summed E-state index contributed by atoms with van der Waals surface area (Å²) in [6.07, 6.45) is 2.35. The molecule has 174 valence electrons. The molecule has 0 aliphatic carbocycles. The van der Waals surface area contributed by atoms with Gasteiger partial charge in [0.1, 0.15) is 12.6 Å². The van der Waals surface area contributed by atoms with Crippen molar-refractivity contribution in [2.75, 3.05) is 19.7 Å². The Bertz CT molecular complexity index is 1220. The molecule has 3 heterocycles. The van der Waals surface area contributed by atoms with Crippen molar-refractivity contribution in [1.29, 1.82) is 0 Å². The van der Waals surface area contributed by atoms with Gasteiger partial charge >= 0.3 is 6.09 Å². The van der Waals surface area contributed by atoms with E-state index in [1.165, 1.54) is 11.1 Å². The lowest BCUT2D eigenvalue weighted by atomic mass is 10.1. The van der Waals surface area contributed by atoms with E-state index in [2.05, 4.69) is 30.8 Å². The molecule has 1 aliphatic rings. The van der Waals surface area contributed by atoms with E-state index in [1.54, 1.807) is 15.8 Å². The fourth-order valence-corrected chi connectivity index (χ4v) is 4.21. The minimum absolute atomic E-state index is 0.0317. The molecule has 5 rings (SSSR count).